The third-order valence-corrected chi connectivity index (χ3v) is 5.40. The number of nitrogens with one attached hydrogen (secondary N) is 3. The van der Waals surface area contributed by atoms with Crippen molar-refractivity contribution in [3.63, 3.8) is 0 Å². The first-order valence-corrected chi connectivity index (χ1v) is 10.7. The lowest BCUT2D eigenvalue weighted by atomic mass is 10.0. The van der Waals surface area contributed by atoms with Gasteiger partial charge in [0.15, 0.2) is 0 Å². The molecule has 2 atom stereocenters. The number of carbonyl (C=O) groups is 2. The van der Waals surface area contributed by atoms with Crippen LogP contribution < -0.4 is 16.0 Å². The second-order valence-corrected chi connectivity index (χ2v) is 8.25. The van der Waals surface area contributed by atoms with Gasteiger partial charge < -0.3 is 16.0 Å². The largest absolute Gasteiger partial charge is 0.350 e. The summed E-state index contributed by atoms with van der Waals surface area (Å²) < 4.78 is 0. The number of likely N-dealkylation sites (tertiary alicyclic amines) is 1. The van der Waals surface area contributed by atoms with Crippen molar-refractivity contribution in [1.82, 2.24) is 20.9 Å². The first-order chi connectivity index (χ1) is 14.5. The van der Waals surface area contributed by atoms with Crippen molar-refractivity contribution in [1.29, 1.82) is 0 Å². The second kappa shape index (κ2) is 10.8. The lowest BCUT2D eigenvalue weighted by Gasteiger charge is -2.24. The lowest BCUT2D eigenvalue weighted by Crippen LogP contribution is -2.54. The van der Waals surface area contributed by atoms with Gasteiger partial charge in [-0.15, -0.1) is 0 Å². The van der Waals surface area contributed by atoms with Gasteiger partial charge in [-0.05, 0) is 23.5 Å². The number of rotatable bonds is 8. The number of carbonyl (C=O) groups excluding carboxylic acids is 2. The highest BCUT2D eigenvalue weighted by atomic mass is 16.2. The summed E-state index contributed by atoms with van der Waals surface area (Å²) >= 11 is 0. The standard InChI is InChI=1S/C24H32N4O2/c1-18(2)22(27-24(30)25-15-19-9-5-3-6-10-19)23(29)26-21-13-14-28(17-21)16-20-11-7-4-8-12-20/h3-12,18,21-22H,13-17H2,1-2H3,(H,26,29)(H2,25,27,30)/t21-,22-/m0/s1. The SMILES string of the molecule is CC(C)[C@H](NC(=O)NCc1ccccc1)C(=O)N[C@H]1CCN(Cc2ccccc2)C1. The molecule has 2 aromatic carbocycles. The van der Waals surface area contributed by atoms with E-state index in [1.165, 1.54) is 5.56 Å². The van der Waals surface area contributed by atoms with E-state index in [2.05, 4.69) is 33.0 Å². The Morgan fingerprint density at radius 3 is 2.27 bits per heavy atom. The highest BCUT2D eigenvalue weighted by Gasteiger charge is 2.29. The molecule has 0 spiro atoms. The van der Waals surface area contributed by atoms with E-state index < -0.39 is 6.04 Å². The lowest BCUT2D eigenvalue weighted by molar-refractivity contribution is -0.124. The van der Waals surface area contributed by atoms with Crippen LogP contribution in [0.2, 0.25) is 0 Å². The molecule has 3 rings (SSSR count). The van der Waals surface area contributed by atoms with Crippen molar-refractivity contribution in [2.24, 2.45) is 5.92 Å². The van der Waals surface area contributed by atoms with Crippen molar-refractivity contribution in [3.05, 3.63) is 71.8 Å². The summed E-state index contributed by atoms with van der Waals surface area (Å²) in [5, 5.41) is 8.80. The van der Waals surface area contributed by atoms with Crippen LogP contribution in [0.3, 0.4) is 0 Å². The maximum atomic E-state index is 12.8. The van der Waals surface area contributed by atoms with Gasteiger partial charge in [-0.25, -0.2) is 4.79 Å². The fraction of sp³-hybridized carbons (Fsp3) is 0.417. The molecule has 1 aliphatic heterocycles. The summed E-state index contributed by atoms with van der Waals surface area (Å²) in [4.78, 5) is 27.5. The maximum absolute atomic E-state index is 12.8. The minimum absolute atomic E-state index is 0.00528. The van der Waals surface area contributed by atoms with Crippen molar-refractivity contribution in [2.45, 2.75) is 45.4 Å². The number of benzene rings is 2. The Hall–Kier alpha value is -2.86. The molecule has 6 heteroatoms. The zero-order valence-corrected chi connectivity index (χ0v) is 17.8. The van der Waals surface area contributed by atoms with Gasteiger partial charge in [-0.1, -0.05) is 74.5 Å². The average molecular weight is 409 g/mol. The molecule has 0 bridgehead atoms. The Kier molecular flexibility index (Phi) is 7.85. The van der Waals surface area contributed by atoms with Crippen LogP contribution in [0.25, 0.3) is 0 Å². The van der Waals surface area contributed by atoms with Crippen molar-refractivity contribution < 1.29 is 9.59 Å². The van der Waals surface area contributed by atoms with E-state index in [0.717, 1.165) is 31.6 Å². The zero-order chi connectivity index (χ0) is 21.3. The summed E-state index contributed by atoms with van der Waals surface area (Å²) in [6, 6.07) is 19.3. The Labute approximate surface area is 179 Å². The van der Waals surface area contributed by atoms with Crippen LogP contribution in [0, 0.1) is 5.92 Å². The number of hydrogen-bond acceptors (Lipinski definition) is 3. The van der Waals surface area contributed by atoms with Crippen LogP contribution in [0.4, 0.5) is 4.79 Å². The molecule has 2 aromatic rings. The third kappa shape index (κ3) is 6.59. The highest BCUT2D eigenvalue weighted by Crippen LogP contribution is 2.14. The van der Waals surface area contributed by atoms with E-state index in [1.807, 2.05) is 62.4 Å². The fourth-order valence-corrected chi connectivity index (χ4v) is 3.73. The summed E-state index contributed by atoms with van der Waals surface area (Å²) in [5.41, 5.74) is 2.30. The Morgan fingerprint density at radius 2 is 1.63 bits per heavy atom. The van der Waals surface area contributed by atoms with Crippen LogP contribution in [0.5, 0.6) is 0 Å². The number of amides is 3. The van der Waals surface area contributed by atoms with Gasteiger partial charge >= 0.3 is 6.03 Å². The summed E-state index contributed by atoms with van der Waals surface area (Å²) in [7, 11) is 0. The number of nitrogens with zero attached hydrogens (tertiary/aromatic N) is 1. The Morgan fingerprint density at radius 1 is 1.00 bits per heavy atom. The molecule has 1 heterocycles. The van der Waals surface area contributed by atoms with Gasteiger partial charge in [-0.3, -0.25) is 9.69 Å². The maximum Gasteiger partial charge on any atom is 0.315 e. The number of urea groups is 1. The first-order valence-electron chi connectivity index (χ1n) is 10.7. The molecular weight excluding hydrogens is 376 g/mol. The molecule has 0 radical (unpaired) electrons. The smallest absolute Gasteiger partial charge is 0.315 e. The van der Waals surface area contributed by atoms with Gasteiger partial charge in [0, 0.05) is 32.2 Å². The quantitative estimate of drug-likeness (QED) is 0.629. The molecule has 1 saturated heterocycles. The molecule has 160 valence electrons. The van der Waals surface area contributed by atoms with Crippen LogP contribution in [0.15, 0.2) is 60.7 Å². The van der Waals surface area contributed by atoms with Crippen LogP contribution in [0.1, 0.15) is 31.4 Å². The first kappa shape index (κ1) is 21.8. The second-order valence-electron chi connectivity index (χ2n) is 8.25. The van der Waals surface area contributed by atoms with Crippen LogP contribution >= 0.6 is 0 Å². The Bertz CT molecular complexity index is 810. The van der Waals surface area contributed by atoms with E-state index in [4.69, 9.17) is 0 Å². The third-order valence-electron chi connectivity index (χ3n) is 5.40. The Balaban J connectivity index is 1.46. The molecule has 3 amide bonds. The van der Waals surface area contributed by atoms with Gasteiger partial charge in [0.1, 0.15) is 6.04 Å². The van der Waals surface area contributed by atoms with Gasteiger partial charge in [0.05, 0.1) is 0 Å². The normalized spacial score (nSPS) is 17.5. The summed E-state index contributed by atoms with van der Waals surface area (Å²) in [5.74, 6) is -0.124. The van der Waals surface area contributed by atoms with Gasteiger partial charge in [0.25, 0.3) is 0 Å². The summed E-state index contributed by atoms with van der Waals surface area (Å²) in [6.07, 6.45) is 0.920. The van der Waals surface area contributed by atoms with E-state index in [9.17, 15) is 9.59 Å². The van der Waals surface area contributed by atoms with E-state index in [-0.39, 0.29) is 23.9 Å². The zero-order valence-electron chi connectivity index (χ0n) is 17.8. The molecule has 0 aromatic heterocycles. The highest BCUT2D eigenvalue weighted by molar-refractivity contribution is 5.87. The van der Waals surface area contributed by atoms with Crippen LogP contribution in [-0.4, -0.2) is 42.0 Å². The van der Waals surface area contributed by atoms with E-state index >= 15 is 0 Å². The number of hydrogen-bond donors (Lipinski definition) is 3. The molecule has 6 nitrogen and oxygen atoms in total. The average Bonchev–Trinajstić information content (AvgIpc) is 3.18. The van der Waals surface area contributed by atoms with Gasteiger partial charge in [0.2, 0.25) is 5.91 Å². The topological polar surface area (TPSA) is 73.5 Å². The van der Waals surface area contributed by atoms with Crippen LogP contribution in [-0.2, 0) is 17.9 Å². The molecule has 1 fully saturated rings. The van der Waals surface area contributed by atoms with Crippen molar-refractivity contribution in [3.8, 4) is 0 Å². The van der Waals surface area contributed by atoms with Crippen molar-refractivity contribution in [2.75, 3.05) is 13.1 Å². The fourth-order valence-electron chi connectivity index (χ4n) is 3.73. The predicted octanol–water partition coefficient (Wildman–Crippen LogP) is 2.90. The van der Waals surface area contributed by atoms with E-state index in [1.54, 1.807) is 0 Å². The molecule has 0 saturated carbocycles. The molecular formula is C24H32N4O2. The molecule has 3 N–H and O–H groups in total. The minimum Gasteiger partial charge on any atom is -0.350 e. The van der Waals surface area contributed by atoms with Crippen molar-refractivity contribution >= 4 is 11.9 Å². The molecule has 30 heavy (non-hydrogen) atoms. The molecule has 0 aliphatic carbocycles. The van der Waals surface area contributed by atoms with E-state index in [0.29, 0.717) is 6.54 Å². The minimum atomic E-state index is -0.566. The predicted molar refractivity (Wildman–Crippen MR) is 119 cm³/mol. The molecule has 1 aliphatic rings. The summed E-state index contributed by atoms with van der Waals surface area (Å²) in [6.45, 7) is 6.98. The monoisotopic (exact) mass is 408 g/mol. The molecule has 0 unspecified atom stereocenters. The van der Waals surface area contributed by atoms with Gasteiger partial charge in [-0.2, -0.15) is 0 Å².